The van der Waals surface area contributed by atoms with E-state index in [1.165, 1.54) is 0 Å². The van der Waals surface area contributed by atoms with Gasteiger partial charge in [-0.15, -0.1) is 0 Å². The molecule has 0 aliphatic heterocycles. The number of amides is 2. The number of hydrogen-bond donors (Lipinski definition) is 2. The Morgan fingerprint density at radius 1 is 1.07 bits per heavy atom. The second-order valence-electron chi connectivity index (χ2n) is 8.37. The lowest BCUT2D eigenvalue weighted by Gasteiger charge is -2.25. The molecule has 8 nitrogen and oxygen atoms in total. The van der Waals surface area contributed by atoms with Gasteiger partial charge in [-0.3, -0.25) is 9.59 Å². The molecule has 1 aliphatic rings. The fraction of sp³-hybridized carbons (Fsp3) is 0.591. The molecule has 8 heteroatoms. The van der Waals surface area contributed by atoms with Crippen LogP contribution in [0, 0.1) is 0 Å². The summed E-state index contributed by atoms with van der Waals surface area (Å²) in [5.74, 6) is -0.410. The van der Waals surface area contributed by atoms with Crippen molar-refractivity contribution in [3.63, 3.8) is 0 Å². The fourth-order valence-corrected chi connectivity index (χ4v) is 3.15. The van der Waals surface area contributed by atoms with Crippen molar-refractivity contribution in [2.45, 2.75) is 77.0 Å². The lowest BCUT2D eigenvalue weighted by molar-refractivity contribution is -0.152. The first-order valence-electron chi connectivity index (χ1n) is 10.3. The van der Waals surface area contributed by atoms with E-state index in [-0.39, 0.29) is 12.5 Å². The second-order valence-corrected chi connectivity index (χ2v) is 8.37. The van der Waals surface area contributed by atoms with E-state index in [0.29, 0.717) is 11.4 Å². The Labute approximate surface area is 177 Å². The van der Waals surface area contributed by atoms with E-state index in [1.54, 1.807) is 52.1 Å². The summed E-state index contributed by atoms with van der Waals surface area (Å²) < 4.78 is 15.8. The molecule has 0 saturated heterocycles. The average Bonchev–Trinajstić information content (AvgIpc) is 2.67. The van der Waals surface area contributed by atoms with Gasteiger partial charge in [0.15, 0.2) is 0 Å². The Morgan fingerprint density at radius 3 is 2.27 bits per heavy atom. The van der Waals surface area contributed by atoms with Gasteiger partial charge in [-0.1, -0.05) is 6.42 Å². The number of ether oxygens (including phenoxy) is 3. The Balaban J connectivity index is 2.03. The molecule has 0 unspecified atom stereocenters. The van der Waals surface area contributed by atoms with Crippen LogP contribution in [-0.4, -0.2) is 42.8 Å². The lowest BCUT2D eigenvalue weighted by atomic mass is 9.98. The number of rotatable bonds is 7. The van der Waals surface area contributed by atoms with Crippen molar-refractivity contribution in [3.05, 3.63) is 24.3 Å². The van der Waals surface area contributed by atoms with Gasteiger partial charge < -0.3 is 24.8 Å². The van der Waals surface area contributed by atoms with Crippen LogP contribution in [0.5, 0.6) is 5.75 Å². The maximum Gasteiger partial charge on any atom is 0.408 e. The second kappa shape index (κ2) is 10.8. The molecule has 166 valence electrons. The third-order valence-corrected chi connectivity index (χ3v) is 4.59. The average molecular weight is 421 g/mol. The van der Waals surface area contributed by atoms with Gasteiger partial charge >= 0.3 is 12.1 Å². The van der Waals surface area contributed by atoms with Crippen LogP contribution in [0.25, 0.3) is 0 Å². The van der Waals surface area contributed by atoms with Gasteiger partial charge in [0.1, 0.15) is 23.5 Å². The van der Waals surface area contributed by atoms with Crippen molar-refractivity contribution in [1.82, 2.24) is 5.32 Å². The lowest BCUT2D eigenvalue weighted by Crippen LogP contribution is -2.47. The third-order valence-electron chi connectivity index (χ3n) is 4.59. The third kappa shape index (κ3) is 8.31. The molecule has 0 heterocycles. The smallest absolute Gasteiger partial charge is 0.408 e. The minimum absolute atomic E-state index is 0.127. The molecule has 2 amide bonds. The van der Waals surface area contributed by atoms with Crippen LogP contribution < -0.4 is 15.4 Å². The molecule has 1 aliphatic carbocycles. The molecular formula is C22H32N2O6. The van der Waals surface area contributed by atoms with Crippen LogP contribution in [-0.2, 0) is 19.1 Å². The normalized spacial score (nSPS) is 15.6. The number of esters is 1. The largest absolute Gasteiger partial charge is 0.497 e. The Bertz CT molecular complexity index is 720. The first-order chi connectivity index (χ1) is 14.2. The van der Waals surface area contributed by atoms with Gasteiger partial charge in [-0.2, -0.15) is 0 Å². The van der Waals surface area contributed by atoms with Gasteiger partial charge in [-0.05, 0) is 70.7 Å². The van der Waals surface area contributed by atoms with E-state index in [0.717, 1.165) is 32.1 Å². The number of alkyl carbamates (subject to hydrolysis) is 1. The molecule has 0 spiro atoms. The number of nitrogens with one attached hydrogen (secondary N) is 2. The number of methoxy groups -OCH3 is 1. The number of anilines is 1. The first kappa shape index (κ1) is 23.5. The van der Waals surface area contributed by atoms with Crippen LogP contribution in [0.2, 0.25) is 0 Å². The predicted octanol–water partition coefficient (Wildman–Crippen LogP) is 3.79. The number of carbonyl (C=O) groups excluding carboxylic acids is 3. The standard InChI is InChI=1S/C22H32N2O6/c1-22(2,3)30-21(27)24-18(14-19(25)29-17-8-6-5-7-9-17)20(26)23-15-10-12-16(28-4)13-11-15/h10-13,17-18H,5-9,14H2,1-4H3,(H,23,26)(H,24,27)/t18-/m0/s1. The summed E-state index contributed by atoms with van der Waals surface area (Å²) in [6, 6.07) is 5.61. The van der Waals surface area contributed by atoms with Gasteiger partial charge in [0, 0.05) is 5.69 Å². The Morgan fingerprint density at radius 2 is 1.70 bits per heavy atom. The highest BCUT2D eigenvalue weighted by Gasteiger charge is 2.28. The molecule has 0 aromatic heterocycles. The van der Waals surface area contributed by atoms with Gasteiger partial charge in [0.25, 0.3) is 0 Å². The highest BCUT2D eigenvalue weighted by atomic mass is 16.6. The molecule has 2 rings (SSSR count). The van der Waals surface area contributed by atoms with E-state index >= 15 is 0 Å². The Kier molecular flexibility index (Phi) is 8.50. The van der Waals surface area contributed by atoms with Crippen LogP contribution in [0.1, 0.15) is 59.3 Å². The van der Waals surface area contributed by atoms with Gasteiger partial charge in [0.05, 0.1) is 13.5 Å². The van der Waals surface area contributed by atoms with Crippen molar-refractivity contribution in [2.75, 3.05) is 12.4 Å². The monoisotopic (exact) mass is 420 g/mol. The zero-order chi connectivity index (χ0) is 22.1. The van der Waals surface area contributed by atoms with Crippen molar-refractivity contribution < 1.29 is 28.6 Å². The molecule has 1 atom stereocenters. The molecule has 1 saturated carbocycles. The van der Waals surface area contributed by atoms with E-state index in [9.17, 15) is 14.4 Å². The van der Waals surface area contributed by atoms with Crippen molar-refractivity contribution >= 4 is 23.7 Å². The summed E-state index contributed by atoms with van der Waals surface area (Å²) >= 11 is 0. The van der Waals surface area contributed by atoms with Crippen molar-refractivity contribution in [2.24, 2.45) is 0 Å². The van der Waals surface area contributed by atoms with Crippen molar-refractivity contribution in [3.8, 4) is 5.75 Å². The van der Waals surface area contributed by atoms with E-state index in [4.69, 9.17) is 14.2 Å². The van der Waals surface area contributed by atoms with Gasteiger partial charge in [0.2, 0.25) is 5.91 Å². The summed E-state index contributed by atoms with van der Waals surface area (Å²) in [5.41, 5.74) is -0.221. The molecule has 2 N–H and O–H groups in total. The molecule has 0 radical (unpaired) electrons. The van der Waals surface area contributed by atoms with Crippen LogP contribution in [0.3, 0.4) is 0 Å². The summed E-state index contributed by atoms with van der Waals surface area (Å²) in [7, 11) is 1.55. The molecule has 0 bridgehead atoms. The van der Waals surface area contributed by atoms with E-state index in [1.807, 2.05) is 0 Å². The highest BCUT2D eigenvalue weighted by Crippen LogP contribution is 2.21. The number of carbonyl (C=O) groups is 3. The molecular weight excluding hydrogens is 388 g/mol. The summed E-state index contributed by atoms with van der Waals surface area (Å²) in [4.78, 5) is 37.4. The predicted molar refractivity (Wildman–Crippen MR) is 112 cm³/mol. The Hall–Kier alpha value is -2.77. The SMILES string of the molecule is COc1ccc(NC(=O)[C@H](CC(=O)OC2CCCCC2)NC(=O)OC(C)(C)C)cc1. The minimum atomic E-state index is -1.13. The minimum Gasteiger partial charge on any atom is -0.497 e. The van der Waals surface area contributed by atoms with Gasteiger partial charge in [-0.25, -0.2) is 4.79 Å². The summed E-state index contributed by atoms with van der Waals surface area (Å²) in [6.45, 7) is 5.16. The number of hydrogen-bond acceptors (Lipinski definition) is 6. The molecule has 1 aromatic rings. The maximum absolute atomic E-state index is 12.8. The van der Waals surface area contributed by atoms with E-state index < -0.39 is 29.6 Å². The quantitative estimate of drug-likeness (QED) is 0.651. The van der Waals surface area contributed by atoms with E-state index in [2.05, 4.69) is 10.6 Å². The zero-order valence-electron chi connectivity index (χ0n) is 18.2. The molecule has 1 aromatic carbocycles. The van der Waals surface area contributed by atoms with Crippen LogP contribution >= 0.6 is 0 Å². The highest BCUT2D eigenvalue weighted by molar-refractivity contribution is 5.98. The fourth-order valence-electron chi connectivity index (χ4n) is 3.15. The summed E-state index contributed by atoms with van der Waals surface area (Å²) in [5, 5.41) is 5.18. The zero-order valence-corrected chi connectivity index (χ0v) is 18.2. The van der Waals surface area contributed by atoms with Crippen molar-refractivity contribution in [1.29, 1.82) is 0 Å². The topological polar surface area (TPSA) is 103 Å². The maximum atomic E-state index is 12.8. The first-order valence-corrected chi connectivity index (χ1v) is 10.3. The van der Waals surface area contributed by atoms with Crippen LogP contribution in [0.15, 0.2) is 24.3 Å². The number of benzene rings is 1. The molecule has 30 heavy (non-hydrogen) atoms. The summed E-state index contributed by atoms with van der Waals surface area (Å²) in [6.07, 6.45) is 3.66. The van der Waals surface area contributed by atoms with Crippen LogP contribution in [0.4, 0.5) is 10.5 Å². The molecule has 1 fully saturated rings.